The van der Waals surface area contributed by atoms with Gasteiger partial charge in [0, 0.05) is 35.6 Å². The number of rotatable bonds is 1. The third-order valence-electron chi connectivity index (χ3n) is 4.01. The third kappa shape index (κ3) is 1.61. The Labute approximate surface area is 117 Å². The number of anilines is 1. The number of benzene rings is 1. The standard InChI is InChI=1S/C16H16N4/c1-16(2)9-18-12-7-14-13(6-11(12)16)19-15(20-14)10-4-3-5-17-8-10/h3-8,18H,9H2,1-2H3,(H,19,20). The molecule has 3 heterocycles. The van der Waals surface area contributed by atoms with E-state index in [2.05, 4.69) is 41.3 Å². The summed E-state index contributed by atoms with van der Waals surface area (Å²) in [5.74, 6) is 0.870. The number of hydrogen-bond donors (Lipinski definition) is 2. The molecule has 4 nitrogen and oxygen atoms in total. The van der Waals surface area contributed by atoms with Crippen LogP contribution in [0.25, 0.3) is 22.4 Å². The molecule has 0 bridgehead atoms. The molecule has 0 saturated heterocycles. The molecule has 4 rings (SSSR count). The number of aromatic nitrogens is 3. The van der Waals surface area contributed by atoms with Gasteiger partial charge in [-0.3, -0.25) is 4.98 Å². The first-order valence-electron chi connectivity index (χ1n) is 6.82. The van der Waals surface area contributed by atoms with Crippen molar-refractivity contribution in [3.05, 3.63) is 42.2 Å². The second-order valence-electron chi connectivity index (χ2n) is 5.98. The van der Waals surface area contributed by atoms with Crippen LogP contribution >= 0.6 is 0 Å². The SMILES string of the molecule is CC1(C)CNc2cc3[nH]c(-c4cccnc4)nc3cc21. The fourth-order valence-corrected chi connectivity index (χ4v) is 2.81. The van der Waals surface area contributed by atoms with Crippen molar-refractivity contribution in [2.75, 3.05) is 11.9 Å². The van der Waals surface area contributed by atoms with Gasteiger partial charge in [0.15, 0.2) is 0 Å². The maximum Gasteiger partial charge on any atom is 0.140 e. The first-order valence-corrected chi connectivity index (χ1v) is 6.82. The van der Waals surface area contributed by atoms with Gasteiger partial charge in [0.05, 0.1) is 11.0 Å². The van der Waals surface area contributed by atoms with Gasteiger partial charge in [0.2, 0.25) is 0 Å². The highest BCUT2D eigenvalue weighted by Gasteiger charge is 2.30. The summed E-state index contributed by atoms with van der Waals surface area (Å²) < 4.78 is 0. The van der Waals surface area contributed by atoms with Crippen molar-refractivity contribution in [2.45, 2.75) is 19.3 Å². The van der Waals surface area contributed by atoms with E-state index < -0.39 is 0 Å². The van der Waals surface area contributed by atoms with Gasteiger partial charge in [0.1, 0.15) is 5.82 Å². The van der Waals surface area contributed by atoms with E-state index in [1.54, 1.807) is 6.20 Å². The van der Waals surface area contributed by atoms with Crippen LogP contribution < -0.4 is 5.32 Å². The van der Waals surface area contributed by atoms with E-state index in [1.807, 2.05) is 18.3 Å². The summed E-state index contributed by atoms with van der Waals surface area (Å²) in [6.45, 7) is 5.49. The number of aromatic amines is 1. The van der Waals surface area contributed by atoms with E-state index in [0.717, 1.165) is 29.0 Å². The maximum absolute atomic E-state index is 4.70. The molecule has 1 aliphatic heterocycles. The lowest BCUT2D eigenvalue weighted by atomic mass is 9.87. The maximum atomic E-state index is 4.70. The Morgan fingerprint density at radius 1 is 1.25 bits per heavy atom. The molecular weight excluding hydrogens is 248 g/mol. The normalized spacial score (nSPS) is 16.1. The fraction of sp³-hybridized carbons (Fsp3) is 0.250. The predicted molar refractivity (Wildman–Crippen MR) is 80.8 cm³/mol. The summed E-state index contributed by atoms with van der Waals surface area (Å²) in [6.07, 6.45) is 3.60. The van der Waals surface area contributed by atoms with Crippen LogP contribution in [0.1, 0.15) is 19.4 Å². The van der Waals surface area contributed by atoms with E-state index >= 15 is 0 Å². The number of nitrogens with one attached hydrogen (secondary N) is 2. The van der Waals surface area contributed by atoms with Gasteiger partial charge in [0.25, 0.3) is 0 Å². The molecule has 1 aliphatic rings. The van der Waals surface area contributed by atoms with Crippen molar-refractivity contribution in [1.29, 1.82) is 0 Å². The van der Waals surface area contributed by atoms with Crippen LogP contribution in [0.5, 0.6) is 0 Å². The molecule has 2 N–H and O–H groups in total. The average Bonchev–Trinajstić information content (AvgIpc) is 2.99. The molecule has 0 spiro atoms. The zero-order chi connectivity index (χ0) is 13.7. The van der Waals surface area contributed by atoms with Gasteiger partial charge < -0.3 is 10.3 Å². The Hall–Kier alpha value is -2.36. The number of nitrogens with zero attached hydrogens (tertiary/aromatic N) is 2. The smallest absolute Gasteiger partial charge is 0.140 e. The van der Waals surface area contributed by atoms with Crippen LogP contribution in [0.2, 0.25) is 0 Å². The van der Waals surface area contributed by atoms with Crippen molar-refractivity contribution in [1.82, 2.24) is 15.0 Å². The minimum atomic E-state index is 0.164. The zero-order valence-electron chi connectivity index (χ0n) is 11.6. The molecule has 20 heavy (non-hydrogen) atoms. The Morgan fingerprint density at radius 2 is 2.15 bits per heavy atom. The molecule has 4 heteroatoms. The Morgan fingerprint density at radius 3 is 2.95 bits per heavy atom. The molecule has 2 aromatic heterocycles. The lowest BCUT2D eigenvalue weighted by Crippen LogP contribution is -2.18. The van der Waals surface area contributed by atoms with Crippen molar-refractivity contribution in [3.8, 4) is 11.4 Å². The molecular formula is C16H16N4. The largest absolute Gasteiger partial charge is 0.384 e. The molecule has 0 saturated carbocycles. The van der Waals surface area contributed by atoms with Crippen molar-refractivity contribution in [3.63, 3.8) is 0 Å². The second kappa shape index (κ2) is 3.82. The summed E-state index contributed by atoms with van der Waals surface area (Å²) in [5, 5.41) is 3.47. The quantitative estimate of drug-likeness (QED) is 0.709. The van der Waals surface area contributed by atoms with E-state index in [9.17, 15) is 0 Å². The van der Waals surface area contributed by atoms with Crippen LogP contribution in [0.15, 0.2) is 36.7 Å². The van der Waals surface area contributed by atoms with Crippen LogP contribution in [-0.4, -0.2) is 21.5 Å². The fourth-order valence-electron chi connectivity index (χ4n) is 2.81. The molecule has 0 atom stereocenters. The highest BCUT2D eigenvalue weighted by molar-refractivity contribution is 5.85. The summed E-state index contributed by atoms with van der Waals surface area (Å²) in [7, 11) is 0. The van der Waals surface area contributed by atoms with Gasteiger partial charge >= 0.3 is 0 Å². The number of fused-ring (bicyclic) bond motifs is 2. The molecule has 0 fully saturated rings. The molecule has 3 aromatic rings. The first-order chi connectivity index (χ1) is 9.63. The topological polar surface area (TPSA) is 53.6 Å². The van der Waals surface area contributed by atoms with E-state index in [1.165, 1.54) is 11.3 Å². The Balaban J connectivity index is 1.90. The minimum Gasteiger partial charge on any atom is -0.384 e. The van der Waals surface area contributed by atoms with Gasteiger partial charge in [-0.1, -0.05) is 13.8 Å². The summed E-state index contributed by atoms with van der Waals surface area (Å²) in [5.41, 5.74) is 5.80. The predicted octanol–water partition coefficient (Wildman–Crippen LogP) is 3.33. The van der Waals surface area contributed by atoms with E-state index in [4.69, 9.17) is 4.98 Å². The van der Waals surface area contributed by atoms with Crippen molar-refractivity contribution >= 4 is 16.7 Å². The van der Waals surface area contributed by atoms with Crippen molar-refractivity contribution < 1.29 is 0 Å². The number of hydrogen-bond acceptors (Lipinski definition) is 3. The Bertz CT molecular complexity index is 787. The van der Waals surface area contributed by atoms with Crippen LogP contribution in [0, 0.1) is 0 Å². The number of pyridine rings is 1. The monoisotopic (exact) mass is 264 g/mol. The van der Waals surface area contributed by atoms with Gasteiger partial charge in [-0.05, 0) is 29.8 Å². The van der Waals surface area contributed by atoms with E-state index in [0.29, 0.717) is 0 Å². The van der Waals surface area contributed by atoms with E-state index in [-0.39, 0.29) is 5.41 Å². The molecule has 100 valence electrons. The van der Waals surface area contributed by atoms with Gasteiger partial charge in [-0.25, -0.2) is 4.98 Å². The molecule has 0 unspecified atom stereocenters. The lowest BCUT2D eigenvalue weighted by Gasteiger charge is -2.16. The van der Waals surface area contributed by atoms with Crippen molar-refractivity contribution in [2.24, 2.45) is 0 Å². The lowest BCUT2D eigenvalue weighted by molar-refractivity contribution is 0.586. The zero-order valence-corrected chi connectivity index (χ0v) is 11.6. The molecule has 0 amide bonds. The van der Waals surface area contributed by atoms with Crippen LogP contribution in [0.3, 0.4) is 0 Å². The summed E-state index contributed by atoms with van der Waals surface area (Å²) in [6, 6.07) is 8.29. The number of imidazole rings is 1. The second-order valence-corrected chi connectivity index (χ2v) is 5.98. The average molecular weight is 264 g/mol. The summed E-state index contributed by atoms with van der Waals surface area (Å²) >= 11 is 0. The minimum absolute atomic E-state index is 0.164. The molecule has 1 aromatic carbocycles. The Kier molecular flexibility index (Phi) is 2.19. The highest BCUT2D eigenvalue weighted by Crippen LogP contribution is 2.38. The van der Waals surface area contributed by atoms with Gasteiger partial charge in [-0.2, -0.15) is 0 Å². The molecule has 0 radical (unpaired) electrons. The highest BCUT2D eigenvalue weighted by atomic mass is 15.0. The third-order valence-corrected chi connectivity index (χ3v) is 4.01. The van der Waals surface area contributed by atoms with Crippen LogP contribution in [-0.2, 0) is 5.41 Å². The summed E-state index contributed by atoms with van der Waals surface area (Å²) in [4.78, 5) is 12.2. The van der Waals surface area contributed by atoms with Crippen LogP contribution in [0.4, 0.5) is 5.69 Å². The number of H-pyrrole nitrogens is 1. The first kappa shape index (κ1) is 11.5. The molecule has 0 aliphatic carbocycles. The van der Waals surface area contributed by atoms with Gasteiger partial charge in [-0.15, -0.1) is 0 Å².